The minimum atomic E-state index is -0.198. The zero-order valence-electron chi connectivity index (χ0n) is 14.3. The lowest BCUT2D eigenvalue weighted by Crippen LogP contribution is -2.07. The molecule has 0 aliphatic heterocycles. The van der Waals surface area contributed by atoms with Gasteiger partial charge in [-0.3, -0.25) is 9.59 Å². The van der Waals surface area contributed by atoms with E-state index in [4.69, 9.17) is 13.9 Å². The molecule has 1 aromatic heterocycles. The van der Waals surface area contributed by atoms with Crippen molar-refractivity contribution in [1.82, 2.24) is 0 Å². The van der Waals surface area contributed by atoms with Crippen LogP contribution in [0.1, 0.15) is 63.9 Å². The molecule has 0 bridgehead atoms. The SMILES string of the molecule is CCCCOC(=O)CCc1ccc(CCC(=O)OCCCC)o1. The van der Waals surface area contributed by atoms with Crippen LogP contribution in [0.4, 0.5) is 0 Å². The molecule has 0 amide bonds. The molecule has 0 spiro atoms. The molecule has 0 radical (unpaired) electrons. The highest BCUT2D eigenvalue weighted by atomic mass is 16.5. The largest absolute Gasteiger partial charge is 0.466 e. The summed E-state index contributed by atoms with van der Waals surface area (Å²) in [5, 5.41) is 0. The smallest absolute Gasteiger partial charge is 0.306 e. The Morgan fingerprint density at radius 2 is 1.30 bits per heavy atom. The number of aryl methyl sites for hydroxylation is 2. The van der Waals surface area contributed by atoms with Gasteiger partial charge in [0.15, 0.2) is 0 Å². The lowest BCUT2D eigenvalue weighted by molar-refractivity contribution is -0.144. The van der Waals surface area contributed by atoms with Crippen molar-refractivity contribution in [3.05, 3.63) is 23.7 Å². The Labute approximate surface area is 138 Å². The fourth-order valence-electron chi connectivity index (χ4n) is 1.95. The maximum Gasteiger partial charge on any atom is 0.306 e. The van der Waals surface area contributed by atoms with Crippen LogP contribution >= 0.6 is 0 Å². The quantitative estimate of drug-likeness (QED) is 0.432. The molecule has 1 rings (SSSR count). The summed E-state index contributed by atoms with van der Waals surface area (Å²) in [6, 6.07) is 3.69. The summed E-state index contributed by atoms with van der Waals surface area (Å²) in [4.78, 5) is 23.0. The number of unbranched alkanes of at least 4 members (excludes halogenated alkanes) is 2. The second-order valence-electron chi connectivity index (χ2n) is 5.52. The molecule has 130 valence electrons. The van der Waals surface area contributed by atoms with Crippen LogP contribution < -0.4 is 0 Å². The Balaban J connectivity index is 2.21. The van der Waals surface area contributed by atoms with Crippen LogP contribution in [0.5, 0.6) is 0 Å². The first-order valence-corrected chi connectivity index (χ1v) is 8.54. The number of hydrogen-bond acceptors (Lipinski definition) is 5. The zero-order chi connectivity index (χ0) is 16.9. The molecular formula is C18H28O5. The Morgan fingerprint density at radius 1 is 0.870 bits per heavy atom. The standard InChI is InChI=1S/C18H28O5/c1-3-5-13-21-17(19)11-9-15-7-8-16(23-15)10-12-18(20)22-14-6-4-2/h7-8H,3-6,9-14H2,1-2H3. The van der Waals surface area contributed by atoms with Gasteiger partial charge in [-0.05, 0) is 25.0 Å². The van der Waals surface area contributed by atoms with E-state index in [9.17, 15) is 9.59 Å². The molecule has 23 heavy (non-hydrogen) atoms. The molecule has 0 atom stereocenters. The second kappa shape index (κ2) is 11.7. The third kappa shape index (κ3) is 9.06. The number of ether oxygens (including phenoxy) is 2. The number of carbonyl (C=O) groups excluding carboxylic acids is 2. The van der Waals surface area contributed by atoms with Crippen LogP contribution in [-0.4, -0.2) is 25.2 Å². The molecule has 0 saturated heterocycles. The Bertz CT molecular complexity index is 423. The summed E-state index contributed by atoms with van der Waals surface area (Å²) in [6.45, 7) is 5.08. The number of esters is 2. The van der Waals surface area contributed by atoms with E-state index in [1.165, 1.54) is 0 Å². The van der Waals surface area contributed by atoms with Gasteiger partial charge in [0.05, 0.1) is 26.1 Å². The summed E-state index contributed by atoms with van der Waals surface area (Å²) in [6.07, 6.45) is 5.48. The topological polar surface area (TPSA) is 65.7 Å². The molecular weight excluding hydrogens is 296 g/mol. The Morgan fingerprint density at radius 3 is 1.70 bits per heavy atom. The number of carbonyl (C=O) groups is 2. The van der Waals surface area contributed by atoms with E-state index < -0.39 is 0 Å². The first kappa shape index (κ1) is 19.3. The van der Waals surface area contributed by atoms with Crippen molar-refractivity contribution in [3.8, 4) is 0 Å². The van der Waals surface area contributed by atoms with Gasteiger partial charge in [-0.1, -0.05) is 26.7 Å². The van der Waals surface area contributed by atoms with Crippen molar-refractivity contribution < 1.29 is 23.5 Å². The van der Waals surface area contributed by atoms with Crippen LogP contribution in [0.3, 0.4) is 0 Å². The van der Waals surface area contributed by atoms with Crippen LogP contribution in [0.15, 0.2) is 16.5 Å². The molecule has 0 aromatic carbocycles. The highest BCUT2D eigenvalue weighted by molar-refractivity contribution is 5.70. The van der Waals surface area contributed by atoms with Crippen LogP contribution in [0.2, 0.25) is 0 Å². The van der Waals surface area contributed by atoms with E-state index in [1.54, 1.807) is 0 Å². The van der Waals surface area contributed by atoms with E-state index in [0.717, 1.165) is 37.2 Å². The number of furan rings is 1. The van der Waals surface area contributed by atoms with Gasteiger partial charge in [-0.15, -0.1) is 0 Å². The minimum absolute atomic E-state index is 0.198. The van der Waals surface area contributed by atoms with E-state index >= 15 is 0 Å². The van der Waals surface area contributed by atoms with Crippen molar-refractivity contribution in [2.24, 2.45) is 0 Å². The van der Waals surface area contributed by atoms with Gasteiger partial charge in [0.2, 0.25) is 0 Å². The van der Waals surface area contributed by atoms with E-state index in [0.29, 0.717) is 38.9 Å². The second-order valence-corrected chi connectivity index (χ2v) is 5.52. The summed E-state index contributed by atoms with van der Waals surface area (Å²) < 4.78 is 15.8. The molecule has 1 heterocycles. The van der Waals surface area contributed by atoms with Crippen molar-refractivity contribution in [2.45, 2.75) is 65.2 Å². The third-order valence-corrected chi connectivity index (χ3v) is 3.39. The average Bonchev–Trinajstić information content (AvgIpc) is 2.99. The predicted octanol–water partition coefficient (Wildman–Crippen LogP) is 3.83. The van der Waals surface area contributed by atoms with Gasteiger partial charge in [0.1, 0.15) is 11.5 Å². The normalized spacial score (nSPS) is 10.5. The summed E-state index contributed by atoms with van der Waals surface area (Å²) >= 11 is 0. The fraction of sp³-hybridized carbons (Fsp3) is 0.667. The van der Waals surface area contributed by atoms with Crippen LogP contribution in [0, 0.1) is 0 Å². The Hall–Kier alpha value is -1.78. The highest BCUT2D eigenvalue weighted by Gasteiger charge is 2.09. The Kier molecular flexibility index (Phi) is 9.84. The predicted molar refractivity (Wildman–Crippen MR) is 87.1 cm³/mol. The summed E-state index contributed by atoms with van der Waals surface area (Å²) in [5.74, 6) is 1.09. The molecule has 5 nitrogen and oxygen atoms in total. The van der Waals surface area contributed by atoms with Crippen molar-refractivity contribution in [2.75, 3.05) is 13.2 Å². The minimum Gasteiger partial charge on any atom is -0.466 e. The maximum absolute atomic E-state index is 11.5. The zero-order valence-corrected chi connectivity index (χ0v) is 14.3. The molecule has 0 aliphatic carbocycles. The van der Waals surface area contributed by atoms with Gasteiger partial charge in [-0.25, -0.2) is 0 Å². The monoisotopic (exact) mass is 324 g/mol. The number of hydrogen-bond donors (Lipinski definition) is 0. The lowest BCUT2D eigenvalue weighted by Gasteiger charge is -2.03. The van der Waals surface area contributed by atoms with E-state index in [1.807, 2.05) is 12.1 Å². The fourth-order valence-corrected chi connectivity index (χ4v) is 1.95. The van der Waals surface area contributed by atoms with Crippen molar-refractivity contribution >= 4 is 11.9 Å². The molecule has 5 heteroatoms. The molecule has 0 N–H and O–H groups in total. The molecule has 0 saturated carbocycles. The van der Waals surface area contributed by atoms with E-state index in [2.05, 4.69) is 13.8 Å². The highest BCUT2D eigenvalue weighted by Crippen LogP contribution is 2.13. The van der Waals surface area contributed by atoms with E-state index in [-0.39, 0.29) is 11.9 Å². The first-order valence-electron chi connectivity index (χ1n) is 8.54. The summed E-state index contributed by atoms with van der Waals surface area (Å²) in [7, 11) is 0. The van der Waals surface area contributed by atoms with Gasteiger partial charge < -0.3 is 13.9 Å². The molecule has 0 unspecified atom stereocenters. The van der Waals surface area contributed by atoms with Gasteiger partial charge >= 0.3 is 11.9 Å². The van der Waals surface area contributed by atoms with Gasteiger partial charge in [0, 0.05) is 12.8 Å². The van der Waals surface area contributed by atoms with Crippen molar-refractivity contribution in [3.63, 3.8) is 0 Å². The molecule has 1 aromatic rings. The first-order chi connectivity index (χ1) is 11.2. The van der Waals surface area contributed by atoms with Crippen LogP contribution in [0.25, 0.3) is 0 Å². The maximum atomic E-state index is 11.5. The number of rotatable bonds is 12. The molecule has 0 fully saturated rings. The van der Waals surface area contributed by atoms with Crippen LogP contribution in [-0.2, 0) is 31.9 Å². The third-order valence-electron chi connectivity index (χ3n) is 3.39. The average molecular weight is 324 g/mol. The van der Waals surface area contributed by atoms with Gasteiger partial charge in [-0.2, -0.15) is 0 Å². The van der Waals surface area contributed by atoms with Gasteiger partial charge in [0.25, 0.3) is 0 Å². The van der Waals surface area contributed by atoms with Crippen molar-refractivity contribution in [1.29, 1.82) is 0 Å². The lowest BCUT2D eigenvalue weighted by atomic mass is 10.2. The molecule has 0 aliphatic rings. The summed E-state index contributed by atoms with van der Waals surface area (Å²) in [5.41, 5.74) is 0.